The summed E-state index contributed by atoms with van der Waals surface area (Å²) in [5.74, 6) is 0.673. The predicted octanol–water partition coefficient (Wildman–Crippen LogP) is 0.829. The maximum Gasteiger partial charge on any atom is 0.223 e. The Kier molecular flexibility index (Phi) is 4.82. The summed E-state index contributed by atoms with van der Waals surface area (Å²) in [6, 6.07) is 0. The van der Waals surface area contributed by atoms with Crippen LogP contribution in [0.2, 0.25) is 0 Å². The van der Waals surface area contributed by atoms with Crippen LogP contribution in [0.5, 0.6) is 0 Å². The normalized spacial score (nSPS) is 30.8. The fourth-order valence-electron chi connectivity index (χ4n) is 4.34. The molecule has 2 N–H and O–H groups in total. The molecule has 1 atom stereocenters. The molecule has 1 amide bonds. The molecule has 5 nitrogen and oxygen atoms in total. The SMILES string of the molecule is NCC1CC(=O)N(CC2(N3CCOCC3)CCCCC2)C1. The van der Waals surface area contributed by atoms with Crippen LogP contribution in [-0.4, -0.2) is 67.2 Å². The number of carbonyl (C=O) groups excluding carboxylic acids is 1. The van der Waals surface area contributed by atoms with E-state index in [1.54, 1.807) is 0 Å². The highest BCUT2D eigenvalue weighted by Gasteiger charge is 2.42. The van der Waals surface area contributed by atoms with Crippen molar-refractivity contribution in [1.82, 2.24) is 9.80 Å². The molecule has 0 aromatic carbocycles. The monoisotopic (exact) mass is 295 g/mol. The van der Waals surface area contributed by atoms with Gasteiger partial charge in [0, 0.05) is 38.1 Å². The Balaban J connectivity index is 1.71. The van der Waals surface area contributed by atoms with Crippen molar-refractivity contribution in [1.29, 1.82) is 0 Å². The lowest BCUT2D eigenvalue weighted by molar-refractivity contribution is -0.131. The Labute approximate surface area is 127 Å². The summed E-state index contributed by atoms with van der Waals surface area (Å²) in [6.45, 7) is 6.10. The molecule has 3 fully saturated rings. The third-order valence-electron chi connectivity index (χ3n) is 5.58. The van der Waals surface area contributed by atoms with Gasteiger partial charge in [-0.25, -0.2) is 0 Å². The number of rotatable bonds is 4. The second kappa shape index (κ2) is 6.63. The number of morpholine rings is 1. The second-order valence-corrected chi connectivity index (χ2v) is 6.96. The minimum atomic E-state index is 0.196. The molecule has 5 heteroatoms. The molecule has 3 rings (SSSR count). The minimum absolute atomic E-state index is 0.196. The Morgan fingerprint density at radius 1 is 1.19 bits per heavy atom. The van der Waals surface area contributed by atoms with Gasteiger partial charge in [0.15, 0.2) is 0 Å². The van der Waals surface area contributed by atoms with E-state index in [-0.39, 0.29) is 5.54 Å². The Morgan fingerprint density at radius 2 is 1.90 bits per heavy atom. The zero-order valence-electron chi connectivity index (χ0n) is 13.1. The van der Waals surface area contributed by atoms with Crippen LogP contribution < -0.4 is 5.73 Å². The quantitative estimate of drug-likeness (QED) is 0.834. The number of nitrogens with zero attached hydrogens (tertiary/aromatic N) is 2. The van der Waals surface area contributed by atoms with Crippen LogP contribution in [0.15, 0.2) is 0 Å². The van der Waals surface area contributed by atoms with Crippen molar-refractivity contribution < 1.29 is 9.53 Å². The molecule has 1 saturated carbocycles. The van der Waals surface area contributed by atoms with E-state index in [9.17, 15) is 4.79 Å². The van der Waals surface area contributed by atoms with E-state index in [0.29, 0.717) is 24.8 Å². The van der Waals surface area contributed by atoms with Gasteiger partial charge < -0.3 is 15.4 Å². The number of ether oxygens (including phenoxy) is 1. The van der Waals surface area contributed by atoms with E-state index in [4.69, 9.17) is 10.5 Å². The first-order valence-corrected chi connectivity index (χ1v) is 8.54. The molecule has 1 aliphatic carbocycles. The van der Waals surface area contributed by atoms with Crippen molar-refractivity contribution >= 4 is 5.91 Å². The summed E-state index contributed by atoms with van der Waals surface area (Å²) < 4.78 is 5.52. The highest BCUT2D eigenvalue weighted by atomic mass is 16.5. The molecule has 0 radical (unpaired) electrons. The Morgan fingerprint density at radius 3 is 2.52 bits per heavy atom. The molecule has 2 heterocycles. The van der Waals surface area contributed by atoms with Crippen LogP contribution >= 0.6 is 0 Å². The van der Waals surface area contributed by atoms with Gasteiger partial charge in [-0.1, -0.05) is 19.3 Å². The molecule has 0 aromatic heterocycles. The van der Waals surface area contributed by atoms with Gasteiger partial charge in [-0.2, -0.15) is 0 Å². The fourth-order valence-corrected chi connectivity index (χ4v) is 4.34. The number of hydrogen-bond donors (Lipinski definition) is 1. The molecular weight excluding hydrogens is 266 g/mol. The molecular formula is C16H29N3O2. The first-order valence-electron chi connectivity index (χ1n) is 8.54. The maximum atomic E-state index is 12.3. The molecule has 0 spiro atoms. The van der Waals surface area contributed by atoms with Gasteiger partial charge in [0.05, 0.1) is 13.2 Å². The lowest BCUT2D eigenvalue weighted by Gasteiger charge is -2.49. The highest BCUT2D eigenvalue weighted by molar-refractivity contribution is 5.78. The van der Waals surface area contributed by atoms with Crippen LogP contribution in [0.25, 0.3) is 0 Å². The van der Waals surface area contributed by atoms with Crippen molar-refractivity contribution in [2.75, 3.05) is 45.9 Å². The van der Waals surface area contributed by atoms with Crippen LogP contribution in [-0.2, 0) is 9.53 Å². The van der Waals surface area contributed by atoms with E-state index >= 15 is 0 Å². The maximum absolute atomic E-state index is 12.3. The summed E-state index contributed by atoms with van der Waals surface area (Å²) in [7, 11) is 0. The lowest BCUT2D eigenvalue weighted by Crippen LogP contribution is -2.59. The number of nitrogens with two attached hydrogens (primary N) is 1. The summed E-state index contributed by atoms with van der Waals surface area (Å²) >= 11 is 0. The number of amides is 1. The van der Waals surface area contributed by atoms with Crippen molar-refractivity contribution in [2.45, 2.75) is 44.1 Å². The zero-order chi connectivity index (χ0) is 14.7. The van der Waals surface area contributed by atoms with Gasteiger partial charge in [0.1, 0.15) is 0 Å². The number of hydrogen-bond acceptors (Lipinski definition) is 4. The standard InChI is InChI=1S/C16H29N3O2/c17-11-14-10-15(20)18(12-14)13-16(4-2-1-3-5-16)19-6-8-21-9-7-19/h14H,1-13,17H2. The third-order valence-corrected chi connectivity index (χ3v) is 5.58. The molecule has 0 aromatic rings. The summed E-state index contributed by atoms with van der Waals surface area (Å²) in [5.41, 5.74) is 5.96. The largest absolute Gasteiger partial charge is 0.379 e. The van der Waals surface area contributed by atoms with Crippen molar-refractivity contribution in [3.8, 4) is 0 Å². The van der Waals surface area contributed by atoms with Gasteiger partial charge in [-0.15, -0.1) is 0 Å². The summed E-state index contributed by atoms with van der Waals surface area (Å²) in [6.07, 6.45) is 7.02. The molecule has 1 unspecified atom stereocenters. The van der Waals surface area contributed by atoms with Gasteiger partial charge in [0.25, 0.3) is 0 Å². The molecule has 2 saturated heterocycles. The molecule has 2 aliphatic heterocycles. The van der Waals surface area contributed by atoms with Gasteiger partial charge >= 0.3 is 0 Å². The number of likely N-dealkylation sites (tertiary alicyclic amines) is 1. The van der Waals surface area contributed by atoms with Crippen LogP contribution in [0, 0.1) is 5.92 Å². The Hall–Kier alpha value is -0.650. The first-order chi connectivity index (χ1) is 10.2. The van der Waals surface area contributed by atoms with Crippen LogP contribution in [0.4, 0.5) is 0 Å². The van der Waals surface area contributed by atoms with Gasteiger partial charge in [-0.3, -0.25) is 9.69 Å². The third kappa shape index (κ3) is 3.25. The van der Waals surface area contributed by atoms with Crippen molar-refractivity contribution in [3.63, 3.8) is 0 Å². The van der Waals surface area contributed by atoms with Crippen molar-refractivity contribution in [2.24, 2.45) is 11.7 Å². The van der Waals surface area contributed by atoms with Gasteiger partial charge in [0.2, 0.25) is 5.91 Å². The average molecular weight is 295 g/mol. The van der Waals surface area contributed by atoms with Gasteiger partial charge in [-0.05, 0) is 25.3 Å². The molecule has 120 valence electrons. The van der Waals surface area contributed by atoms with Crippen molar-refractivity contribution in [3.05, 3.63) is 0 Å². The second-order valence-electron chi connectivity index (χ2n) is 6.96. The van der Waals surface area contributed by atoms with E-state index in [1.165, 1.54) is 32.1 Å². The minimum Gasteiger partial charge on any atom is -0.379 e. The Bertz CT molecular complexity index is 363. The molecule has 0 bridgehead atoms. The predicted molar refractivity (Wildman–Crippen MR) is 81.9 cm³/mol. The van der Waals surface area contributed by atoms with E-state index in [0.717, 1.165) is 39.4 Å². The smallest absolute Gasteiger partial charge is 0.223 e. The fraction of sp³-hybridized carbons (Fsp3) is 0.938. The van der Waals surface area contributed by atoms with E-state index in [1.807, 2.05) is 0 Å². The van der Waals surface area contributed by atoms with Crippen LogP contribution in [0.3, 0.4) is 0 Å². The highest BCUT2D eigenvalue weighted by Crippen LogP contribution is 2.36. The van der Waals surface area contributed by atoms with Crippen LogP contribution in [0.1, 0.15) is 38.5 Å². The zero-order valence-corrected chi connectivity index (χ0v) is 13.1. The van der Waals surface area contributed by atoms with E-state index in [2.05, 4.69) is 9.80 Å². The molecule has 3 aliphatic rings. The average Bonchev–Trinajstić information content (AvgIpc) is 2.89. The topological polar surface area (TPSA) is 58.8 Å². The summed E-state index contributed by atoms with van der Waals surface area (Å²) in [4.78, 5) is 17.0. The molecule has 21 heavy (non-hydrogen) atoms. The first kappa shape index (κ1) is 15.3. The number of carbonyl (C=O) groups is 1. The summed E-state index contributed by atoms with van der Waals surface area (Å²) in [5, 5.41) is 0. The van der Waals surface area contributed by atoms with E-state index < -0.39 is 0 Å². The lowest BCUT2D eigenvalue weighted by atomic mass is 9.79.